The van der Waals surface area contributed by atoms with Gasteiger partial charge < -0.3 is 0 Å². The Morgan fingerprint density at radius 3 is 2.18 bits per heavy atom. The number of benzene rings is 1. The number of rotatable bonds is 6. The van der Waals surface area contributed by atoms with Crippen LogP contribution in [0.15, 0.2) is 40.6 Å². The van der Waals surface area contributed by atoms with E-state index in [1.54, 1.807) is 0 Å². The van der Waals surface area contributed by atoms with Crippen LogP contribution in [0.1, 0.15) is 39.5 Å². The smallest absolute Gasteiger partial charge is 0.167 e. The van der Waals surface area contributed by atoms with Crippen LogP contribution in [0.25, 0.3) is 0 Å². The molecule has 0 aliphatic carbocycles. The number of nitriles is 1. The Kier molecular flexibility index (Phi) is 5.35. The van der Waals surface area contributed by atoms with Crippen LogP contribution in [0.3, 0.4) is 0 Å². The van der Waals surface area contributed by atoms with Gasteiger partial charge in [-0.05, 0) is 25.0 Å². The van der Waals surface area contributed by atoms with Crippen molar-refractivity contribution >= 4 is 5.69 Å². The minimum Gasteiger partial charge on any atom is -0.196 e. The molecule has 90 valence electrons. The fourth-order valence-corrected chi connectivity index (χ4v) is 1.83. The van der Waals surface area contributed by atoms with Gasteiger partial charge >= 0.3 is 0 Å². The third-order valence-electron chi connectivity index (χ3n) is 2.65. The Morgan fingerprint density at radius 2 is 1.71 bits per heavy atom. The molecular weight excluding hydrogens is 210 g/mol. The summed E-state index contributed by atoms with van der Waals surface area (Å²) >= 11 is 0. The van der Waals surface area contributed by atoms with Crippen LogP contribution in [-0.2, 0) is 0 Å². The van der Waals surface area contributed by atoms with Gasteiger partial charge in [-0.25, -0.2) is 0 Å². The van der Waals surface area contributed by atoms with Crippen molar-refractivity contribution < 1.29 is 0 Å². The lowest BCUT2D eigenvalue weighted by Gasteiger charge is -2.18. The second-order valence-corrected chi connectivity index (χ2v) is 4.18. The van der Waals surface area contributed by atoms with Crippen LogP contribution in [0.4, 0.5) is 5.69 Å². The van der Waals surface area contributed by atoms with E-state index in [2.05, 4.69) is 30.1 Å². The summed E-state index contributed by atoms with van der Waals surface area (Å²) in [5.41, 5.74) is 0.165. The number of nitrogens with zero attached hydrogens (tertiary/aromatic N) is 3. The molecule has 0 amide bonds. The lowest BCUT2D eigenvalue weighted by Crippen LogP contribution is -2.23. The molecule has 0 saturated carbocycles. The summed E-state index contributed by atoms with van der Waals surface area (Å²) in [7, 11) is 0. The molecule has 0 spiro atoms. The van der Waals surface area contributed by atoms with E-state index in [0.717, 1.165) is 31.4 Å². The fourth-order valence-electron chi connectivity index (χ4n) is 1.83. The zero-order valence-electron chi connectivity index (χ0n) is 10.6. The molecule has 1 aromatic rings. The van der Waals surface area contributed by atoms with Gasteiger partial charge in [-0.2, -0.15) is 15.5 Å². The number of azo groups is 1. The van der Waals surface area contributed by atoms with Gasteiger partial charge in [0.2, 0.25) is 0 Å². The summed E-state index contributed by atoms with van der Waals surface area (Å²) in [6.45, 7) is 4.14. The minimum absolute atomic E-state index is 0.640. The molecule has 17 heavy (non-hydrogen) atoms. The summed E-state index contributed by atoms with van der Waals surface area (Å²) in [5, 5.41) is 17.8. The predicted octanol–water partition coefficient (Wildman–Crippen LogP) is 4.63. The summed E-state index contributed by atoms with van der Waals surface area (Å²) in [5.74, 6) is 0. The first-order valence-corrected chi connectivity index (χ1v) is 6.15. The first-order valence-electron chi connectivity index (χ1n) is 6.15. The molecule has 0 heterocycles. The van der Waals surface area contributed by atoms with Gasteiger partial charge in [0.05, 0.1) is 11.8 Å². The fraction of sp³-hybridized carbons (Fsp3) is 0.500. The molecule has 0 saturated heterocycles. The molecule has 0 radical (unpaired) electrons. The second-order valence-electron chi connectivity index (χ2n) is 4.18. The van der Waals surface area contributed by atoms with Gasteiger partial charge in [0.1, 0.15) is 0 Å². The molecule has 3 heteroatoms. The third kappa shape index (κ3) is 3.99. The Labute approximate surface area is 103 Å². The molecule has 1 rings (SSSR count). The van der Waals surface area contributed by atoms with E-state index in [4.69, 9.17) is 0 Å². The molecule has 0 N–H and O–H groups in total. The second kappa shape index (κ2) is 6.80. The summed E-state index contributed by atoms with van der Waals surface area (Å²) in [6.07, 6.45) is 3.43. The maximum atomic E-state index is 9.31. The highest BCUT2D eigenvalue weighted by Gasteiger charge is 2.27. The van der Waals surface area contributed by atoms with Gasteiger partial charge in [-0.1, -0.05) is 44.9 Å². The highest BCUT2D eigenvalue weighted by Crippen LogP contribution is 2.26. The molecule has 0 atom stereocenters. The lowest BCUT2D eigenvalue weighted by atomic mass is 9.91. The van der Waals surface area contributed by atoms with Crippen molar-refractivity contribution in [2.45, 2.75) is 45.1 Å². The van der Waals surface area contributed by atoms with E-state index >= 15 is 0 Å². The van der Waals surface area contributed by atoms with Crippen LogP contribution < -0.4 is 0 Å². The van der Waals surface area contributed by atoms with Crippen molar-refractivity contribution in [1.29, 1.82) is 5.26 Å². The van der Waals surface area contributed by atoms with Crippen LogP contribution in [0.5, 0.6) is 0 Å². The summed E-state index contributed by atoms with van der Waals surface area (Å²) < 4.78 is 0. The lowest BCUT2D eigenvalue weighted by molar-refractivity contribution is 0.437. The Hall–Kier alpha value is -1.69. The van der Waals surface area contributed by atoms with Crippen molar-refractivity contribution in [3.05, 3.63) is 30.3 Å². The van der Waals surface area contributed by atoms with Crippen molar-refractivity contribution in [2.24, 2.45) is 10.2 Å². The average Bonchev–Trinajstić information content (AvgIpc) is 2.38. The molecule has 0 aliphatic rings. The molecular formula is C14H19N3. The van der Waals surface area contributed by atoms with Crippen LogP contribution in [0.2, 0.25) is 0 Å². The van der Waals surface area contributed by atoms with Crippen LogP contribution in [-0.4, -0.2) is 5.54 Å². The highest BCUT2D eigenvalue weighted by atomic mass is 15.1. The third-order valence-corrected chi connectivity index (χ3v) is 2.65. The quantitative estimate of drug-likeness (QED) is 0.656. The maximum absolute atomic E-state index is 9.31. The van der Waals surface area contributed by atoms with E-state index in [1.165, 1.54) is 0 Å². The minimum atomic E-state index is -0.640. The van der Waals surface area contributed by atoms with Crippen molar-refractivity contribution in [2.75, 3.05) is 0 Å². The van der Waals surface area contributed by atoms with Gasteiger partial charge in [-0.15, -0.1) is 0 Å². The van der Waals surface area contributed by atoms with Gasteiger partial charge in [0.15, 0.2) is 5.54 Å². The molecule has 3 nitrogen and oxygen atoms in total. The van der Waals surface area contributed by atoms with E-state index in [0.29, 0.717) is 0 Å². The van der Waals surface area contributed by atoms with E-state index in [-0.39, 0.29) is 0 Å². The van der Waals surface area contributed by atoms with E-state index in [9.17, 15) is 5.26 Å². The van der Waals surface area contributed by atoms with Gasteiger partial charge in [0, 0.05) is 0 Å². The molecule has 0 aromatic heterocycles. The Bertz CT molecular complexity index is 384. The standard InChI is InChI=1S/C14H19N3/c1-3-10-14(12-15,11-4-2)17-16-13-8-6-5-7-9-13/h5-9H,3-4,10-11H2,1-2H3. The maximum Gasteiger partial charge on any atom is 0.167 e. The van der Waals surface area contributed by atoms with Crippen molar-refractivity contribution in [3.8, 4) is 6.07 Å². The average molecular weight is 229 g/mol. The largest absolute Gasteiger partial charge is 0.196 e. The molecule has 0 bridgehead atoms. The molecule has 0 fully saturated rings. The van der Waals surface area contributed by atoms with Crippen molar-refractivity contribution in [3.63, 3.8) is 0 Å². The van der Waals surface area contributed by atoms with Crippen molar-refractivity contribution in [1.82, 2.24) is 0 Å². The van der Waals surface area contributed by atoms with Crippen LogP contribution >= 0.6 is 0 Å². The SMILES string of the molecule is CCCC(C#N)(CCC)N=Nc1ccccc1. The molecule has 0 unspecified atom stereocenters. The topological polar surface area (TPSA) is 48.5 Å². The van der Waals surface area contributed by atoms with Gasteiger partial charge in [-0.3, -0.25) is 0 Å². The first kappa shape index (κ1) is 13.4. The van der Waals surface area contributed by atoms with Crippen LogP contribution in [0, 0.1) is 11.3 Å². The molecule has 0 aliphatic heterocycles. The zero-order valence-corrected chi connectivity index (χ0v) is 10.6. The normalized spacial score (nSPS) is 11.6. The molecule has 1 aromatic carbocycles. The first-order chi connectivity index (χ1) is 8.26. The highest BCUT2D eigenvalue weighted by molar-refractivity contribution is 5.35. The summed E-state index contributed by atoms with van der Waals surface area (Å²) in [6, 6.07) is 11.9. The van der Waals surface area contributed by atoms with E-state index in [1.807, 2.05) is 30.3 Å². The zero-order chi connectivity index (χ0) is 12.6. The monoisotopic (exact) mass is 229 g/mol. The Morgan fingerprint density at radius 1 is 1.12 bits per heavy atom. The predicted molar refractivity (Wildman–Crippen MR) is 69.1 cm³/mol. The number of hydrogen-bond donors (Lipinski definition) is 0. The van der Waals surface area contributed by atoms with Gasteiger partial charge in [0.25, 0.3) is 0 Å². The summed E-state index contributed by atoms with van der Waals surface area (Å²) in [4.78, 5) is 0. The van der Waals surface area contributed by atoms with E-state index < -0.39 is 5.54 Å². The Balaban J connectivity index is 2.86. The number of hydrogen-bond acceptors (Lipinski definition) is 3.